The number of H-pyrrole nitrogens is 1. The van der Waals surface area contributed by atoms with Crippen LogP contribution < -0.4 is 9.46 Å². The van der Waals surface area contributed by atoms with E-state index < -0.39 is 19.9 Å². The van der Waals surface area contributed by atoms with E-state index >= 15 is 0 Å². The van der Waals surface area contributed by atoms with Gasteiger partial charge in [-0.15, -0.1) is 0 Å². The minimum atomic E-state index is -3.91. The van der Waals surface area contributed by atoms with Crippen molar-refractivity contribution in [1.29, 1.82) is 0 Å². The number of aryl methyl sites for hydroxylation is 1. The number of rotatable bonds is 7. The standard InChI is InChI=1S/C27H28N4O6S2/c1-18-29-24-9-5-21(16-25(24)30-18)20-6-10-26-22(15-20)17-31(12-13-37-26)27(32)19-3-7-23(8-4-19)39(35,36)28-11-14-38(2,33)34/h3-10,15-16,28H,11-14,17H2,1-2H3,(H,29,30). The van der Waals surface area contributed by atoms with Gasteiger partial charge >= 0.3 is 0 Å². The van der Waals surface area contributed by atoms with Crippen molar-refractivity contribution in [3.8, 4) is 16.9 Å². The van der Waals surface area contributed by atoms with Crippen LogP contribution in [0.2, 0.25) is 0 Å². The number of hydrogen-bond donors (Lipinski definition) is 2. The van der Waals surface area contributed by atoms with Crippen LogP contribution >= 0.6 is 0 Å². The topological polar surface area (TPSA) is 139 Å². The molecule has 3 aromatic carbocycles. The molecule has 0 saturated carbocycles. The predicted octanol–water partition coefficient (Wildman–Crippen LogP) is 2.90. The zero-order valence-electron chi connectivity index (χ0n) is 21.5. The summed E-state index contributed by atoms with van der Waals surface area (Å²) in [6.45, 7) is 2.72. The largest absolute Gasteiger partial charge is 0.491 e. The molecule has 0 unspecified atom stereocenters. The second kappa shape index (κ2) is 10.4. The molecule has 0 fully saturated rings. The van der Waals surface area contributed by atoms with Crippen LogP contribution in [0, 0.1) is 6.92 Å². The van der Waals surface area contributed by atoms with E-state index in [1.165, 1.54) is 24.3 Å². The Morgan fingerprint density at radius 1 is 1.03 bits per heavy atom. The lowest BCUT2D eigenvalue weighted by molar-refractivity contribution is 0.0733. The molecule has 1 aromatic heterocycles. The molecule has 2 N–H and O–H groups in total. The van der Waals surface area contributed by atoms with Crippen LogP contribution in [0.1, 0.15) is 21.7 Å². The Morgan fingerprint density at radius 2 is 1.74 bits per heavy atom. The van der Waals surface area contributed by atoms with E-state index in [-0.39, 0.29) is 23.1 Å². The minimum absolute atomic E-state index is 0.0498. The quantitative estimate of drug-likeness (QED) is 0.350. The average molecular weight is 569 g/mol. The van der Waals surface area contributed by atoms with Crippen molar-refractivity contribution in [3.63, 3.8) is 0 Å². The number of fused-ring (bicyclic) bond motifs is 2. The van der Waals surface area contributed by atoms with Crippen LogP contribution in [-0.2, 0) is 26.4 Å². The number of hydrogen-bond acceptors (Lipinski definition) is 7. The summed E-state index contributed by atoms with van der Waals surface area (Å²) in [5.41, 5.74) is 5.05. The van der Waals surface area contributed by atoms with Gasteiger partial charge in [-0.2, -0.15) is 0 Å². The van der Waals surface area contributed by atoms with Crippen molar-refractivity contribution in [3.05, 3.63) is 77.6 Å². The van der Waals surface area contributed by atoms with Gasteiger partial charge in [0.25, 0.3) is 5.91 Å². The van der Waals surface area contributed by atoms with Crippen LogP contribution in [0.25, 0.3) is 22.2 Å². The van der Waals surface area contributed by atoms with E-state index in [1.807, 2.05) is 43.3 Å². The molecule has 1 aliphatic heterocycles. The van der Waals surface area contributed by atoms with Crippen LogP contribution in [0.15, 0.2) is 65.6 Å². The molecule has 39 heavy (non-hydrogen) atoms. The average Bonchev–Trinajstić information content (AvgIpc) is 3.13. The maximum atomic E-state index is 13.3. The molecular weight excluding hydrogens is 540 g/mol. The number of carbonyl (C=O) groups is 1. The second-order valence-corrected chi connectivity index (χ2v) is 13.5. The molecule has 4 aromatic rings. The van der Waals surface area contributed by atoms with Crippen LogP contribution in [0.3, 0.4) is 0 Å². The number of imidazole rings is 1. The molecule has 0 spiro atoms. The van der Waals surface area contributed by atoms with E-state index in [0.29, 0.717) is 31.0 Å². The van der Waals surface area contributed by atoms with Crippen LogP contribution in [-0.4, -0.2) is 69.3 Å². The van der Waals surface area contributed by atoms with E-state index in [4.69, 9.17) is 4.74 Å². The smallest absolute Gasteiger partial charge is 0.254 e. The van der Waals surface area contributed by atoms with E-state index in [9.17, 15) is 21.6 Å². The summed E-state index contributed by atoms with van der Waals surface area (Å²) in [6.07, 6.45) is 1.04. The maximum absolute atomic E-state index is 13.3. The second-order valence-electron chi connectivity index (χ2n) is 9.50. The number of carbonyl (C=O) groups excluding carboxylic acids is 1. The highest BCUT2D eigenvalue weighted by molar-refractivity contribution is 7.91. The third kappa shape index (κ3) is 6.13. The lowest BCUT2D eigenvalue weighted by Crippen LogP contribution is -2.32. The number of ether oxygens (including phenoxy) is 1. The highest BCUT2D eigenvalue weighted by atomic mass is 32.2. The minimum Gasteiger partial charge on any atom is -0.491 e. The van der Waals surface area contributed by atoms with Gasteiger partial charge in [-0.1, -0.05) is 12.1 Å². The third-order valence-electron chi connectivity index (χ3n) is 6.44. The summed E-state index contributed by atoms with van der Waals surface area (Å²) >= 11 is 0. The molecule has 12 heteroatoms. The Labute approximate surface area is 227 Å². The molecule has 0 radical (unpaired) electrons. The number of nitrogens with zero attached hydrogens (tertiary/aromatic N) is 2. The summed E-state index contributed by atoms with van der Waals surface area (Å²) in [5, 5.41) is 0. The fraction of sp³-hybridized carbons (Fsp3) is 0.259. The molecule has 10 nitrogen and oxygen atoms in total. The number of sulfonamides is 1. The molecule has 1 amide bonds. The van der Waals surface area contributed by atoms with E-state index in [0.717, 1.165) is 39.8 Å². The molecule has 5 rings (SSSR count). The van der Waals surface area contributed by atoms with Gasteiger partial charge < -0.3 is 14.6 Å². The first kappa shape index (κ1) is 26.9. The lowest BCUT2D eigenvalue weighted by Gasteiger charge is -2.20. The summed E-state index contributed by atoms with van der Waals surface area (Å²) in [7, 11) is -7.21. The summed E-state index contributed by atoms with van der Waals surface area (Å²) in [6, 6.07) is 17.5. The maximum Gasteiger partial charge on any atom is 0.254 e. The molecule has 0 bridgehead atoms. The Kier molecular flexibility index (Phi) is 7.19. The van der Waals surface area contributed by atoms with Crippen LogP contribution in [0.5, 0.6) is 5.75 Å². The number of amides is 1. The SMILES string of the molecule is Cc1nc2ccc(-c3ccc4c(c3)CN(C(=O)c3ccc(S(=O)(=O)NCCS(C)(=O)=O)cc3)CCO4)cc2[nH]1. The van der Waals surface area contributed by atoms with Crippen molar-refractivity contribution in [2.24, 2.45) is 0 Å². The van der Waals surface area contributed by atoms with Crippen molar-refractivity contribution in [2.45, 2.75) is 18.4 Å². The van der Waals surface area contributed by atoms with Crippen molar-refractivity contribution in [2.75, 3.05) is 31.7 Å². The third-order valence-corrected chi connectivity index (χ3v) is 8.86. The highest BCUT2D eigenvalue weighted by Gasteiger charge is 2.23. The number of aromatic nitrogens is 2. The number of aromatic amines is 1. The van der Waals surface area contributed by atoms with Crippen molar-refractivity contribution < 1.29 is 26.4 Å². The number of nitrogens with one attached hydrogen (secondary N) is 2. The van der Waals surface area contributed by atoms with Gasteiger partial charge in [-0.25, -0.2) is 26.5 Å². The van der Waals surface area contributed by atoms with Crippen molar-refractivity contribution in [1.82, 2.24) is 19.6 Å². The van der Waals surface area contributed by atoms with Gasteiger partial charge in [-0.05, 0) is 66.6 Å². The number of benzene rings is 3. The van der Waals surface area contributed by atoms with Gasteiger partial charge in [0.15, 0.2) is 0 Å². The lowest BCUT2D eigenvalue weighted by atomic mass is 10.0. The van der Waals surface area contributed by atoms with Crippen LogP contribution in [0.4, 0.5) is 0 Å². The van der Waals surface area contributed by atoms with Gasteiger partial charge in [0.1, 0.15) is 28.0 Å². The fourth-order valence-corrected chi connectivity index (χ4v) is 6.10. The Balaban J connectivity index is 1.33. The molecule has 2 heterocycles. The molecular formula is C27H28N4O6S2. The summed E-state index contributed by atoms with van der Waals surface area (Å²) in [5.74, 6) is 1.01. The van der Waals surface area contributed by atoms with Gasteiger partial charge in [-0.3, -0.25) is 4.79 Å². The Bertz CT molecular complexity index is 1760. The zero-order valence-corrected chi connectivity index (χ0v) is 23.1. The van der Waals surface area contributed by atoms with E-state index in [2.05, 4.69) is 14.7 Å². The zero-order chi connectivity index (χ0) is 27.8. The van der Waals surface area contributed by atoms with E-state index in [1.54, 1.807) is 4.90 Å². The summed E-state index contributed by atoms with van der Waals surface area (Å²) < 4.78 is 55.7. The number of sulfone groups is 1. The monoisotopic (exact) mass is 568 g/mol. The van der Waals surface area contributed by atoms with Gasteiger partial charge in [0.05, 0.1) is 28.2 Å². The van der Waals surface area contributed by atoms with Gasteiger partial charge in [0.2, 0.25) is 10.0 Å². The first-order chi connectivity index (χ1) is 18.5. The molecule has 0 saturated heterocycles. The normalized spacial score (nSPS) is 14.1. The summed E-state index contributed by atoms with van der Waals surface area (Å²) in [4.78, 5) is 22.7. The predicted molar refractivity (Wildman–Crippen MR) is 148 cm³/mol. The molecule has 0 atom stereocenters. The first-order valence-electron chi connectivity index (χ1n) is 12.3. The Morgan fingerprint density at radius 3 is 2.49 bits per heavy atom. The van der Waals surface area contributed by atoms with Gasteiger partial charge in [0, 0.05) is 30.5 Å². The molecule has 204 valence electrons. The highest BCUT2D eigenvalue weighted by Crippen LogP contribution is 2.31. The fourth-order valence-electron chi connectivity index (χ4n) is 4.47. The molecule has 0 aliphatic carbocycles. The molecule has 1 aliphatic rings. The van der Waals surface area contributed by atoms with Crippen molar-refractivity contribution >= 4 is 36.8 Å². The Hall–Kier alpha value is -3.74. The first-order valence-corrected chi connectivity index (χ1v) is 15.8.